The Morgan fingerprint density at radius 1 is 1.67 bits per heavy atom. The minimum atomic E-state index is -0.797. The Morgan fingerprint density at radius 2 is 2.33 bits per heavy atom. The van der Waals surface area contributed by atoms with Crippen LogP contribution in [0.5, 0.6) is 0 Å². The fourth-order valence-electron chi connectivity index (χ4n) is 1.58. The summed E-state index contributed by atoms with van der Waals surface area (Å²) in [5.74, 6) is -1.28. The normalized spacial score (nSPS) is 12.5. The van der Waals surface area contributed by atoms with Crippen LogP contribution in [0.3, 0.4) is 0 Å². The van der Waals surface area contributed by atoms with Crippen molar-refractivity contribution in [3.8, 4) is 0 Å². The van der Waals surface area contributed by atoms with E-state index in [-0.39, 0.29) is 0 Å². The second-order valence-electron chi connectivity index (χ2n) is 3.54. The largest absolute Gasteiger partial charge is 0.481 e. The Hall–Kier alpha value is -0.900. The molecule has 0 saturated heterocycles. The molecule has 0 saturated carbocycles. The minimum absolute atomic E-state index is 0.483. The number of hydrogen-bond acceptors (Lipinski definition) is 2. The van der Waals surface area contributed by atoms with E-state index in [1.54, 1.807) is 6.20 Å². The highest BCUT2D eigenvalue weighted by Gasteiger charge is 2.21. The topological polar surface area (TPSA) is 50.2 Å². The van der Waals surface area contributed by atoms with Crippen LogP contribution in [0, 0.1) is 6.92 Å². The van der Waals surface area contributed by atoms with E-state index in [0.717, 1.165) is 16.5 Å². The van der Waals surface area contributed by atoms with Crippen molar-refractivity contribution in [1.29, 1.82) is 0 Å². The van der Waals surface area contributed by atoms with Gasteiger partial charge in [-0.25, -0.2) is 0 Å². The molecular formula is C11H14BrNO2. The van der Waals surface area contributed by atoms with E-state index in [2.05, 4.69) is 20.9 Å². The number of carboxylic acid groups (broad SMARTS) is 1. The quantitative estimate of drug-likeness (QED) is 0.916. The maximum absolute atomic E-state index is 11.1. The molecule has 0 spiro atoms. The number of rotatable bonds is 4. The third-order valence-corrected chi connectivity index (χ3v) is 2.72. The summed E-state index contributed by atoms with van der Waals surface area (Å²) in [6.45, 7) is 3.86. The van der Waals surface area contributed by atoms with Crippen LogP contribution in [0.1, 0.15) is 36.9 Å². The summed E-state index contributed by atoms with van der Waals surface area (Å²) in [4.78, 5) is 15.3. The van der Waals surface area contributed by atoms with Crippen LogP contribution in [0.25, 0.3) is 0 Å². The monoisotopic (exact) mass is 271 g/mol. The smallest absolute Gasteiger partial charge is 0.312 e. The summed E-state index contributed by atoms with van der Waals surface area (Å²) < 4.78 is 0.879. The number of pyridine rings is 1. The first kappa shape index (κ1) is 12.2. The molecule has 1 heterocycles. The number of halogens is 1. The summed E-state index contributed by atoms with van der Waals surface area (Å²) >= 11 is 3.31. The van der Waals surface area contributed by atoms with Crippen LogP contribution in [0.15, 0.2) is 16.7 Å². The molecular weight excluding hydrogens is 258 g/mol. The highest BCUT2D eigenvalue weighted by Crippen LogP contribution is 2.24. The van der Waals surface area contributed by atoms with Gasteiger partial charge < -0.3 is 5.11 Å². The van der Waals surface area contributed by atoms with Gasteiger partial charge in [0.05, 0.1) is 11.6 Å². The van der Waals surface area contributed by atoms with Crippen LogP contribution < -0.4 is 0 Å². The molecule has 1 aromatic heterocycles. The number of aromatic nitrogens is 1. The molecule has 0 aliphatic carbocycles. The predicted octanol–water partition coefficient (Wildman–Crippen LogP) is 3.12. The molecule has 0 aromatic carbocycles. The van der Waals surface area contributed by atoms with Gasteiger partial charge in [0.25, 0.3) is 0 Å². The highest BCUT2D eigenvalue weighted by molar-refractivity contribution is 9.10. The van der Waals surface area contributed by atoms with E-state index in [1.165, 1.54) is 0 Å². The number of aryl methyl sites for hydroxylation is 1. The molecule has 82 valence electrons. The first-order valence-corrected chi connectivity index (χ1v) is 5.70. The molecule has 0 amide bonds. The number of carboxylic acids is 1. The zero-order valence-electron chi connectivity index (χ0n) is 8.83. The fourth-order valence-corrected chi connectivity index (χ4v) is 2.03. The molecule has 1 unspecified atom stereocenters. The SMILES string of the molecule is CCCC(C(=O)O)c1ncc(Br)cc1C. The molecule has 4 heteroatoms. The van der Waals surface area contributed by atoms with Crippen LogP contribution >= 0.6 is 15.9 Å². The van der Waals surface area contributed by atoms with E-state index < -0.39 is 11.9 Å². The molecule has 0 bridgehead atoms. The average molecular weight is 272 g/mol. The molecule has 0 aliphatic rings. The molecule has 1 aromatic rings. The molecule has 0 radical (unpaired) electrons. The third-order valence-electron chi connectivity index (χ3n) is 2.29. The summed E-state index contributed by atoms with van der Waals surface area (Å²) in [7, 11) is 0. The number of nitrogens with zero attached hydrogens (tertiary/aromatic N) is 1. The zero-order chi connectivity index (χ0) is 11.4. The molecule has 1 atom stereocenters. The van der Waals surface area contributed by atoms with Crippen LogP contribution in [-0.2, 0) is 4.79 Å². The Morgan fingerprint density at radius 3 is 2.80 bits per heavy atom. The van der Waals surface area contributed by atoms with E-state index in [4.69, 9.17) is 5.11 Å². The van der Waals surface area contributed by atoms with E-state index in [1.807, 2.05) is 19.9 Å². The molecule has 3 nitrogen and oxygen atoms in total. The van der Waals surface area contributed by atoms with Crippen molar-refractivity contribution in [2.45, 2.75) is 32.6 Å². The lowest BCUT2D eigenvalue weighted by Crippen LogP contribution is -2.14. The van der Waals surface area contributed by atoms with Gasteiger partial charge in [0, 0.05) is 10.7 Å². The Labute approximate surface area is 97.7 Å². The van der Waals surface area contributed by atoms with E-state index in [9.17, 15) is 4.79 Å². The van der Waals surface area contributed by atoms with Gasteiger partial charge >= 0.3 is 5.97 Å². The summed E-state index contributed by atoms with van der Waals surface area (Å²) in [6, 6.07) is 1.90. The van der Waals surface area contributed by atoms with Crippen molar-refractivity contribution >= 4 is 21.9 Å². The van der Waals surface area contributed by atoms with Gasteiger partial charge in [0.2, 0.25) is 0 Å². The van der Waals surface area contributed by atoms with Crippen LogP contribution in [-0.4, -0.2) is 16.1 Å². The molecule has 1 rings (SSSR count). The molecule has 0 aliphatic heterocycles. The van der Waals surface area contributed by atoms with Crippen molar-refractivity contribution in [2.24, 2.45) is 0 Å². The summed E-state index contributed by atoms with van der Waals surface area (Å²) in [6.07, 6.45) is 3.12. The molecule has 1 N–H and O–H groups in total. The number of aliphatic carboxylic acids is 1. The van der Waals surface area contributed by atoms with Crippen molar-refractivity contribution in [3.05, 3.63) is 28.0 Å². The van der Waals surface area contributed by atoms with E-state index >= 15 is 0 Å². The van der Waals surface area contributed by atoms with Crippen LogP contribution in [0.4, 0.5) is 0 Å². The lowest BCUT2D eigenvalue weighted by Gasteiger charge is -2.13. The Balaban J connectivity index is 3.05. The van der Waals surface area contributed by atoms with Crippen molar-refractivity contribution < 1.29 is 9.90 Å². The van der Waals surface area contributed by atoms with Gasteiger partial charge in [-0.2, -0.15) is 0 Å². The van der Waals surface area contributed by atoms with Crippen LogP contribution in [0.2, 0.25) is 0 Å². The average Bonchev–Trinajstić information content (AvgIpc) is 2.15. The first-order chi connectivity index (χ1) is 7.06. The molecule has 15 heavy (non-hydrogen) atoms. The van der Waals surface area contributed by atoms with Gasteiger partial charge in [-0.3, -0.25) is 9.78 Å². The molecule has 0 fully saturated rings. The predicted molar refractivity (Wildman–Crippen MR) is 62.0 cm³/mol. The fraction of sp³-hybridized carbons (Fsp3) is 0.455. The standard InChI is InChI=1S/C11H14BrNO2/c1-3-4-9(11(14)15)10-7(2)5-8(12)6-13-10/h5-6,9H,3-4H2,1-2H3,(H,14,15). The van der Waals surface area contributed by atoms with Gasteiger partial charge in [0.1, 0.15) is 0 Å². The first-order valence-electron chi connectivity index (χ1n) is 4.91. The van der Waals surface area contributed by atoms with Gasteiger partial charge in [-0.1, -0.05) is 13.3 Å². The van der Waals surface area contributed by atoms with Gasteiger partial charge in [0.15, 0.2) is 0 Å². The maximum Gasteiger partial charge on any atom is 0.312 e. The lowest BCUT2D eigenvalue weighted by molar-refractivity contribution is -0.139. The lowest BCUT2D eigenvalue weighted by atomic mass is 9.96. The summed E-state index contributed by atoms with van der Waals surface area (Å²) in [5.41, 5.74) is 1.60. The Kier molecular flexibility index (Phi) is 4.27. The van der Waals surface area contributed by atoms with Gasteiger partial charge in [-0.15, -0.1) is 0 Å². The van der Waals surface area contributed by atoms with Gasteiger partial charge in [-0.05, 0) is 40.9 Å². The second-order valence-corrected chi connectivity index (χ2v) is 4.45. The zero-order valence-corrected chi connectivity index (χ0v) is 10.4. The Bertz CT molecular complexity index is 366. The number of carbonyl (C=O) groups is 1. The third kappa shape index (κ3) is 3.02. The minimum Gasteiger partial charge on any atom is -0.481 e. The van der Waals surface area contributed by atoms with Crippen molar-refractivity contribution in [1.82, 2.24) is 4.98 Å². The second kappa shape index (κ2) is 5.26. The maximum atomic E-state index is 11.1. The van der Waals surface area contributed by atoms with Crippen molar-refractivity contribution in [2.75, 3.05) is 0 Å². The van der Waals surface area contributed by atoms with E-state index in [0.29, 0.717) is 12.1 Å². The highest BCUT2D eigenvalue weighted by atomic mass is 79.9. The number of hydrogen-bond donors (Lipinski definition) is 1. The summed E-state index contributed by atoms with van der Waals surface area (Å²) in [5, 5.41) is 9.10. The van der Waals surface area contributed by atoms with Crippen molar-refractivity contribution in [3.63, 3.8) is 0 Å².